The number of furan rings is 1. The first kappa shape index (κ1) is 18.0. The lowest BCUT2D eigenvalue weighted by molar-refractivity contribution is -0.402. The third kappa shape index (κ3) is 3.67. The molecule has 0 aliphatic carbocycles. The molecule has 0 radical (unpaired) electrons. The second kappa shape index (κ2) is 7.69. The van der Waals surface area contributed by atoms with Gasteiger partial charge >= 0.3 is 5.88 Å². The van der Waals surface area contributed by atoms with Crippen molar-refractivity contribution in [1.29, 1.82) is 0 Å². The van der Waals surface area contributed by atoms with Gasteiger partial charge in [-0.05, 0) is 30.0 Å². The summed E-state index contributed by atoms with van der Waals surface area (Å²) >= 11 is 1.47. The van der Waals surface area contributed by atoms with Gasteiger partial charge in [0.05, 0.1) is 6.07 Å². The van der Waals surface area contributed by atoms with Crippen molar-refractivity contribution in [2.24, 2.45) is 0 Å². The highest BCUT2D eigenvalue weighted by Crippen LogP contribution is 2.36. The summed E-state index contributed by atoms with van der Waals surface area (Å²) in [5.74, 6) is 1.21. The largest absolute Gasteiger partial charge is 0.448 e. The van der Waals surface area contributed by atoms with Crippen molar-refractivity contribution in [2.75, 3.05) is 11.1 Å². The van der Waals surface area contributed by atoms with E-state index in [1.165, 1.54) is 23.9 Å². The number of benzene rings is 1. The molecule has 3 aromatic rings. The third-order valence-corrected chi connectivity index (χ3v) is 4.57. The fraction of sp³-hybridized carbons (Fsp3) is 0.167. The number of thioether (sulfide) groups is 1. The number of hydrogen-bond donors (Lipinski definition) is 1. The smallest absolute Gasteiger partial charge is 0.433 e. The van der Waals surface area contributed by atoms with Crippen LogP contribution in [0.3, 0.4) is 0 Å². The first-order valence-corrected chi connectivity index (χ1v) is 9.45. The van der Waals surface area contributed by atoms with Gasteiger partial charge in [-0.2, -0.15) is 4.98 Å². The number of hydrogen-bond acceptors (Lipinski definition) is 9. The van der Waals surface area contributed by atoms with E-state index in [0.29, 0.717) is 22.5 Å². The van der Waals surface area contributed by atoms with E-state index in [1.54, 1.807) is 12.2 Å². The van der Waals surface area contributed by atoms with E-state index >= 15 is 0 Å². The Hall–Kier alpha value is -3.40. The first-order valence-electron chi connectivity index (χ1n) is 8.46. The van der Waals surface area contributed by atoms with Gasteiger partial charge in [0, 0.05) is 11.3 Å². The minimum absolute atomic E-state index is 0.316. The molecular weight excluding hydrogens is 382 g/mol. The zero-order valence-electron chi connectivity index (χ0n) is 14.7. The Morgan fingerprint density at radius 2 is 2.14 bits per heavy atom. The molecule has 2 aromatic heterocycles. The lowest BCUT2D eigenvalue weighted by Crippen LogP contribution is -2.23. The summed E-state index contributed by atoms with van der Waals surface area (Å²) in [6, 6.07) is 10.4. The second-order valence-electron chi connectivity index (χ2n) is 5.70. The number of para-hydroxylation sites is 1. The van der Waals surface area contributed by atoms with Crippen LogP contribution in [0.15, 0.2) is 52.0 Å². The Morgan fingerprint density at radius 1 is 1.29 bits per heavy atom. The third-order valence-electron chi connectivity index (χ3n) is 3.86. The zero-order chi connectivity index (χ0) is 19.5. The monoisotopic (exact) mass is 397 g/mol. The standard InChI is InChI=1S/C18H15N5O4S/c1-2-28-18-20-17-16(21-22-18)12-5-3-4-6-13(12)19-14(27-17)9-7-11-8-10-15(26-11)23(24)25/h3-10,14,19H,2H2,1H3/b9-7-/t14-/m1/s1. The maximum Gasteiger partial charge on any atom is 0.433 e. The quantitative estimate of drug-likeness (QED) is 0.387. The predicted molar refractivity (Wildman–Crippen MR) is 104 cm³/mol. The predicted octanol–water partition coefficient (Wildman–Crippen LogP) is 4.00. The van der Waals surface area contributed by atoms with Crippen molar-refractivity contribution in [3.05, 3.63) is 58.3 Å². The van der Waals surface area contributed by atoms with Gasteiger partial charge < -0.3 is 14.5 Å². The van der Waals surface area contributed by atoms with Gasteiger partial charge in [-0.1, -0.05) is 36.9 Å². The molecule has 1 aliphatic heterocycles. The lowest BCUT2D eigenvalue weighted by Gasteiger charge is -2.15. The molecule has 0 bridgehead atoms. The number of nitrogens with one attached hydrogen (secondary N) is 1. The van der Waals surface area contributed by atoms with Crippen molar-refractivity contribution in [3.63, 3.8) is 0 Å². The summed E-state index contributed by atoms with van der Waals surface area (Å²) in [6.45, 7) is 2.01. The molecule has 3 heterocycles. The van der Waals surface area contributed by atoms with Crippen molar-refractivity contribution in [2.45, 2.75) is 18.3 Å². The van der Waals surface area contributed by atoms with Crippen LogP contribution in [0, 0.1) is 10.1 Å². The second-order valence-corrected chi connectivity index (χ2v) is 6.93. The number of nitro groups is 1. The van der Waals surface area contributed by atoms with E-state index < -0.39 is 11.2 Å². The summed E-state index contributed by atoms with van der Waals surface area (Å²) in [7, 11) is 0. The molecule has 0 unspecified atom stereocenters. The molecule has 0 saturated heterocycles. The molecule has 9 nitrogen and oxygen atoms in total. The minimum atomic E-state index is -0.584. The molecular formula is C18H15N5O4S. The van der Waals surface area contributed by atoms with Crippen molar-refractivity contribution < 1.29 is 14.1 Å². The molecule has 142 valence electrons. The van der Waals surface area contributed by atoms with E-state index in [4.69, 9.17) is 9.15 Å². The van der Waals surface area contributed by atoms with E-state index in [1.807, 2.05) is 31.2 Å². The van der Waals surface area contributed by atoms with Gasteiger partial charge in [-0.25, -0.2) is 0 Å². The van der Waals surface area contributed by atoms with Crippen LogP contribution in [-0.4, -0.2) is 32.1 Å². The van der Waals surface area contributed by atoms with Crippen molar-refractivity contribution >= 4 is 29.4 Å². The summed E-state index contributed by atoms with van der Waals surface area (Å²) in [4.78, 5) is 14.6. The van der Waals surface area contributed by atoms with E-state index in [9.17, 15) is 10.1 Å². The average Bonchev–Trinajstić information content (AvgIpc) is 3.11. The van der Waals surface area contributed by atoms with Gasteiger partial charge in [-0.15, -0.1) is 10.2 Å². The molecule has 1 N–H and O–H groups in total. The van der Waals surface area contributed by atoms with Crippen molar-refractivity contribution in [3.8, 4) is 17.1 Å². The minimum Gasteiger partial charge on any atom is -0.448 e. The number of fused-ring (bicyclic) bond motifs is 3. The molecule has 4 rings (SSSR count). The van der Waals surface area contributed by atoms with Crippen LogP contribution in [0.4, 0.5) is 11.6 Å². The Labute approximate surface area is 164 Å². The van der Waals surface area contributed by atoms with E-state index in [0.717, 1.165) is 17.0 Å². The topological polar surface area (TPSA) is 116 Å². The van der Waals surface area contributed by atoms with Gasteiger partial charge in [-0.3, -0.25) is 10.1 Å². The van der Waals surface area contributed by atoms with Crippen molar-refractivity contribution in [1.82, 2.24) is 15.2 Å². The normalized spacial score (nSPS) is 15.2. The highest BCUT2D eigenvalue weighted by atomic mass is 32.2. The Morgan fingerprint density at radius 3 is 2.93 bits per heavy atom. The van der Waals surface area contributed by atoms with Gasteiger partial charge in [0.2, 0.25) is 11.0 Å². The molecule has 1 aromatic carbocycles. The van der Waals surface area contributed by atoms with Gasteiger partial charge in [0.15, 0.2) is 11.9 Å². The Balaban J connectivity index is 1.67. The molecule has 1 aliphatic rings. The summed E-state index contributed by atoms with van der Waals surface area (Å²) in [6.07, 6.45) is 2.72. The average molecular weight is 397 g/mol. The molecule has 0 saturated carbocycles. The van der Waals surface area contributed by atoms with Crippen LogP contribution in [0.5, 0.6) is 5.88 Å². The number of rotatable bonds is 5. The maximum atomic E-state index is 10.8. The molecule has 0 spiro atoms. The zero-order valence-corrected chi connectivity index (χ0v) is 15.5. The fourth-order valence-corrected chi connectivity index (χ4v) is 3.16. The van der Waals surface area contributed by atoms with E-state index in [2.05, 4.69) is 20.5 Å². The lowest BCUT2D eigenvalue weighted by atomic mass is 10.1. The number of nitrogens with zero attached hydrogens (tertiary/aromatic N) is 4. The fourth-order valence-electron chi connectivity index (χ4n) is 2.66. The van der Waals surface area contributed by atoms with Crippen LogP contribution in [-0.2, 0) is 0 Å². The highest BCUT2D eigenvalue weighted by molar-refractivity contribution is 7.99. The summed E-state index contributed by atoms with van der Waals surface area (Å²) in [5.41, 5.74) is 2.19. The number of aromatic nitrogens is 3. The van der Waals surface area contributed by atoms with Crippen LogP contribution in [0.2, 0.25) is 0 Å². The summed E-state index contributed by atoms with van der Waals surface area (Å²) in [5, 5.41) is 23.0. The SMILES string of the molecule is CCSc1nnc2c(n1)O[C@H](/C=C\c1ccc([N+](=O)[O-])o1)Nc1ccccc1-2. The highest BCUT2D eigenvalue weighted by Gasteiger charge is 2.23. The Kier molecular flexibility index (Phi) is 4.94. The van der Waals surface area contributed by atoms with Gasteiger partial charge in [0.25, 0.3) is 0 Å². The first-order chi connectivity index (χ1) is 13.6. The van der Waals surface area contributed by atoms with Crippen LogP contribution < -0.4 is 10.1 Å². The number of anilines is 1. The molecule has 10 heteroatoms. The molecule has 1 atom stereocenters. The van der Waals surface area contributed by atoms with Crippen LogP contribution in [0.1, 0.15) is 12.7 Å². The summed E-state index contributed by atoms with van der Waals surface area (Å²) < 4.78 is 11.1. The van der Waals surface area contributed by atoms with Crippen LogP contribution in [0.25, 0.3) is 17.3 Å². The Bertz CT molecular complexity index is 1050. The number of ether oxygens (including phenoxy) is 1. The van der Waals surface area contributed by atoms with E-state index in [-0.39, 0.29) is 5.88 Å². The molecule has 28 heavy (non-hydrogen) atoms. The van der Waals surface area contributed by atoms with Crippen LogP contribution >= 0.6 is 11.8 Å². The molecule has 0 fully saturated rings. The molecule has 0 amide bonds. The maximum absolute atomic E-state index is 10.8. The van der Waals surface area contributed by atoms with Gasteiger partial charge in [0.1, 0.15) is 10.7 Å².